The first kappa shape index (κ1) is 15.7. The second kappa shape index (κ2) is 7.25. The van der Waals surface area contributed by atoms with Gasteiger partial charge in [-0.05, 0) is 31.5 Å². The molecule has 0 saturated heterocycles. The molecule has 0 aromatic heterocycles. The minimum absolute atomic E-state index is 0.157. The molecule has 1 aromatic rings. The molecule has 0 radical (unpaired) electrons. The molecule has 104 valence electrons. The molecule has 0 aliphatic carbocycles. The third kappa shape index (κ3) is 5.40. The number of carbonyl (C=O) groups excluding carboxylic acids is 2. The van der Waals surface area contributed by atoms with Crippen LogP contribution in [0.4, 0.5) is 5.69 Å². The highest BCUT2D eigenvalue weighted by Crippen LogP contribution is 2.20. The Hall–Kier alpha value is -1.40. The molecule has 1 unspecified atom stereocenters. The van der Waals surface area contributed by atoms with Crippen molar-refractivity contribution in [3.63, 3.8) is 0 Å². The van der Waals surface area contributed by atoms with E-state index in [4.69, 9.17) is 5.11 Å². The number of carbonyl (C=O) groups is 2. The number of amides is 2. The average Bonchev–Trinajstić information content (AvgIpc) is 2.33. The zero-order valence-electron chi connectivity index (χ0n) is 10.9. The van der Waals surface area contributed by atoms with E-state index in [9.17, 15) is 9.59 Å². The normalized spacial score (nSPS) is 11.8. The Morgan fingerprint density at radius 2 is 2.11 bits per heavy atom. The molecular weight excluding hydrogens is 312 g/mol. The zero-order valence-corrected chi connectivity index (χ0v) is 12.5. The summed E-state index contributed by atoms with van der Waals surface area (Å²) in [6.07, 6.45) is -0.903. The van der Waals surface area contributed by atoms with Crippen LogP contribution in [0.3, 0.4) is 0 Å². The van der Waals surface area contributed by atoms with E-state index in [1.165, 1.54) is 6.92 Å². The maximum Gasteiger partial charge on any atom is 0.248 e. The molecule has 5 nitrogen and oxygen atoms in total. The largest absolute Gasteiger partial charge is 0.384 e. The summed E-state index contributed by atoms with van der Waals surface area (Å²) in [5, 5.41) is 14.2. The molecule has 19 heavy (non-hydrogen) atoms. The SMILES string of the molecule is Cc1ccc(Br)cc1NC(=O)CCNC(=O)C(C)O. The summed E-state index contributed by atoms with van der Waals surface area (Å²) in [6.45, 7) is 3.47. The van der Waals surface area contributed by atoms with Crippen molar-refractivity contribution in [2.45, 2.75) is 26.4 Å². The molecule has 0 spiro atoms. The van der Waals surface area contributed by atoms with Gasteiger partial charge in [-0.3, -0.25) is 9.59 Å². The summed E-state index contributed by atoms with van der Waals surface area (Å²) >= 11 is 3.34. The van der Waals surface area contributed by atoms with Crippen molar-refractivity contribution in [1.82, 2.24) is 5.32 Å². The van der Waals surface area contributed by atoms with E-state index in [2.05, 4.69) is 26.6 Å². The number of halogens is 1. The van der Waals surface area contributed by atoms with Gasteiger partial charge in [0.25, 0.3) is 0 Å². The molecule has 3 N–H and O–H groups in total. The highest BCUT2D eigenvalue weighted by molar-refractivity contribution is 9.10. The van der Waals surface area contributed by atoms with E-state index in [1.54, 1.807) is 0 Å². The number of rotatable bonds is 5. The predicted molar refractivity (Wildman–Crippen MR) is 76.8 cm³/mol. The summed E-state index contributed by atoms with van der Waals surface area (Å²) in [6, 6.07) is 5.62. The third-order valence-electron chi connectivity index (χ3n) is 2.50. The maximum absolute atomic E-state index is 11.7. The van der Waals surface area contributed by atoms with Gasteiger partial charge in [0.2, 0.25) is 11.8 Å². The lowest BCUT2D eigenvalue weighted by atomic mass is 10.2. The van der Waals surface area contributed by atoms with Crippen LogP contribution in [-0.2, 0) is 9.59 Å². The van der Waals surface area contributed by atoms with Crippen LogP contribution in [0, 0.1) is 6.92 Å². The first-order valence-corrected chi connectivity index (χ1v) is 6.71. The first-order chi connectivity index (χ1) is 8.90. The number of anilines is 1. The van der Waals surface area contributed by atoms with Crippen molar-refractivity contribution in [3.05, 3.63) is 28.2 Å². The second-order valence-electron chi connectivity index (χ2n) is 4.22. The van der Waals surface area contributed by atoms with Crippen molar-refractivity contribution in [2.24, 2.45) is 0 Å². The average molecular weight is 329 g/mol. The van der Waals surface area contributed by atoms with Crippen LogP contribution in [0.1, 0.15) is 18.9 Å². The highest BCUT2D eigenvalue weighted by atomic mass is 79.9. The summed E-state index contributed by atoms with van der Waals surface area (Å²) in [5.41, 5.74) is 1.70. The van der Waals surface area contributed by atoms with Gasteiger partial charge in [-0.2, -0.15) is 0 Å². The fourth-order valence-corrected chi connectivity index (χ4v) is 1.75. The van der Waals surface area contributed by atoms with Crippen molar-refractivity contribution in [2.75, 3.05) is 11.9 Å². The molecule has 0 heterocycles. The second-order valence-corrected chi connectivity index (χ2v) is 5.14. The van der Waals surface area contributed by atoms with Crippen LogP contribution in [-0.4, -0.2) is 29.6 Å². The predicted octanol–water partition coefficient (Wildman–Crippen LogP) is 1.58. The highest BCUT2D eigenvalue weighted by Gasteiger charge is 2.09. The smallest absolute Gasteiger partial charge is 0.248 e. The molecule has 0 fully saturated rings. The lowest BCUT2D eigenvalue weighted by Crippen LogP contribution is -2.34. The van der Waals surface area contributed by atoms with E-state index >= 15 is 0 Å². The monoisotopic (exact) mass is 328 g/mol. The molecule has 2 amide bonds. The van der Waals surface area contributed by atoms with Crippen LogP contribution >= 0.6 is 15.9 Å². The van der Waals surface area contributed by atoms with E-state index in [-0.39, 0.29) is 18.9 Å². The number of aliphatic hydroxyl groups is 1. The topological polar surface area (TPSA) is 78.4 Å². The van der Waals surface area contributed by atoms with Crippen molar-refractivity contribution >= 4 is 33.4 Å². The molecule has 1 rings (SSSR count). The Balaban J connectivity index is 2.43. The lowest BCUT2D eigenvalue weighted by molar-refractivity contribution is -0.128. The molecule has 0 aliphatic heterocycles. The van der Waals surface area contributed by atoms with Gasteiger partial charge >= 0.3 is 0 Å². The molecule has 0 aliphatic rings. The Morgan fingerprint density at radius 1 is 1.42 bits per heavy atom. The van der Waals surface area contributed by atoms with E-state index < -0.39 is 12.0 Å². The summed E-state index contributed by atoms with van der Waals surface area (Å²) in [4.78, 5) is 22.8. The molecule has 1 aromatic carbocycles. The summed E-state index contributed by atoms with van der Waals surface area (Å²) in [5.74, 6) is -0.668. The number of hydrogen-bond donors (Lipinski definition) is 3. The zero-order chi connectivity index (χ0) is 14.4. The molecule has 6 heteroatoms. The number of aryl methyl sites for hydroxylation is 1. The van der Waals surface area contributed by atoms with Crippen LogP contribution in [0.2, 0.25) is 0 Å². The summed E-state index contributed by atoms with van der Waals surface area (Å²) < 4.78 is 0.885. The number of hydrogen-bond acceptors (Lipinski definition) is 3. The van der Waals surface area contributed by atoms with Gasteiger partial charge in [-0.25, -0.2) is 0 Å². The Labute approximate surface area is 120 Å². The molecule has 0 saturated carbocycles. The number of benzene rings is 1. The van der Waals surface area contributed by atoms with Crippen LogP contribution in [0.5, 0.6) is 0 Å². The first-order valence-electron chi connectivity index (χ1n) is 5.92. The van der Waals surface area contributed by atoms with Crippen molar-refractivity contribution < 1.29 is 14.7 Å². The van der Waals surface area contributed by atoms with Gasteiger partial charge in [0, 0.05) is 23.1 Å². The minimum Gasteiger partial charge on any atom is -0.384 e. The molecular formula is C13H17BrN2O3. The quantitative estimate of drug-likeness (QED) is 0.767. The van der Waals surface area contributed by atoms with Gasteiger partial charge in [0.15, 0.2) is 0 Å². The summed E-state index contributed by atoms with van der Waals surface area (Å²) in [7, 11) is 0. The maximum atomic E-state index is 11.7. The Bertz CT molecular complexity index is 475. The molecule has 1 atom stereocenters. The fourth-order valence-electron chi connectivity index (χ4n) is 1.39. The molecule has 0 bridgehead atoms. The van der Waals surface area contributed by atoms with Gasteiger partial charge < -0.3 is 15.7 Å². The van der Waals surface area contributed by atoms with Crippen LogP contribution < -0.4 is 10.6 Å². The third-order valence-corrected chi connectivity index (χ3v) is 3.00. The van der Waals surface area contributed by atoms with E-state index in [0.29, 0.717) is 0 Å². The van der Waals surface area contributed by atoms with E-state index in [1.807, 2.05) is 25.1 Å². The van der Waals surface area contributed by atoms with Crippen LogP contribution in [0.15, 0.2) is 22.7 Å². The minimum atomic E-state index is -1.06. The van der Waals surface area contributed by atoms with E-state index in [0.717, 1.165) is 15.7 Å². The Kier molecular flexibility index (Phi) is 5.98. The van der Waals surface area contributed by atoms with Crippen molar-refractivity contribution in [3.8, 4) is 0 Å². The Morgan fingerprint density at radius 3 is 2.74 bits per heavy atom. The van der Waals surface area contributed by atoms with Gasteiger partial charge in [-0.15, -0.1) is 0 Å². The van der Waals surface area contributed by atoms with Crippen LogP contribution in [0.25, 0.3) is 0 Å². The number of aliphatic hydroxyl groups excluding tert-OH is 1. The number of nitrogens with one attached hydrogen (secondary N) is 2. The van der Waals surface area contributed by atoms with Gasteiger partial charge in [0.1, 0.15) is 6.10 Å². The van der Waals surface area contributed by atoms with Gasteiger partial charge in [0.05, 0.1) is 0 Å². The lowest BCUT2D eigenvalue weighted by Gasteiger charge is -2.10. The van der Waals surface area contributed by atoms with Crippen molar-refractivity contribution in [1.29, 1.82) is 0 Å². The fraction of sp³-hybridized carbons (Fsp3) is 0.385. The standard InChI is InChI=1S/C13H17BrN2O3/c1-8-3-4-10(14)7-11(8)16-12(18)5-6-15-13(19)9(2)17/h3-4,7,9,17H,5-6H2,1-2H3,(H,15,19)(H,16,18). The van der Waals surface area contributed by atoms with Gasteiger partial charge in [-0.1, -0.05) is 22.0 Å².